The number of amides is 1. The zero-order chi connectivity index (χ0) is 18.6. The average Bonchev–Trinajstić information content (AvgIpc) is 2.56. The first kappa shape index (κ1) is 19.6. The van der Waals surface area contributed by atoms with Crippen molar-refractivity contribution < 1.29 is 19.4 Å². The summed E-state index contributed by atoms with van der Waals surface area (Å²) < 4.78 is 5.25. The normalized spacial score (nSPS) is 23.3. The second-order valence-corrected chi connectivity index (χ2v) is 7.52. The number of benzene rings is 1. The van der Waals surface area contributed by atoms with Crippen LogP contribution in [0.3, 0.4) is 0 Å². The van der Waals surface area contributed by atoms with Gasteiger partial charge in [-0.15, -0.1) is 0 Å². The van der Waals surface area contributed by atoms with E-state index in [4.69, 9.17) is 16.3 Å². The van der Waals surface area contributed by atoms with E-state index in [0.717, 1.165) is 12.8 Å². The molecular weight excluding hydrogens is 342 g/mol. The Balaban J connectivity index is 2.11. The molecule has 2 rings (SSSR count). The van der Waals surface area contributed by atoms with Crippen LogP contribution in [0.1, 0.15) is 45.1 Å². The second kappa shape index (κ2) is 8.09. The number of ether oxygens (including phenoxy) is 1. The molecule has 0 saturated heterocycles. The summed E-state index contributed by atoms with van der Waals surface area (Å²) in [7, 11) is 1.51. The molecule has 1 amide bonds. The van der Waals surface area contributed by atoms with E-state index in [1.807, 2.05) is 0 Å². The molecule has 0 spiro atoms. The molecule has 1 aromatic rings. The maximum absolute atomic E-state index is 12.5. The highest BCUT2D eigenvalue weighted by Crippen LogP contribution is 2.36. The number of methoxy groups -OCH3 is 1. The summed E-state index contributed by atoms with van der Waals surface area (Å²) in [5.74, 6) is 0.240. The predicted molar refractivity (Wildman–Crippen MR) is 97.0 cm³/mol. The van der Waals surface area contributed by atoms with Gasteiger partial charge in [-0.3, -0.25) is 4.79 Å². The van der Waals surface area contributed by atoms with Gasteiger partial charge in [0.25, 0.3) is 0 Å². The molecule has 1 aliphatic carbocycles. The lowest BCUT2D eigenvalue weighted by atomic mass is 9.72. The van der Waals surface area contributed by atoms with Crippen LogP contribution >= 0.6 is 11.6 Å². The lowest BCUT2D eigenvalue weighted by molar-refractivity contribution is -0.149. The molecular formula is C19H26ClNO4. The fraction of sp³-hybridized carbons (Fsp3) is 0.579. The van der Waals surface area contributed by atoms with Gasteiger partial charge in [-0.05, 0) is 49.7 Å². The van der Waals surface area contributed by atoms with E-state index >= 15 is 0 Å². The summed E-state index contributed by atoms with van der Waals surface area (Å²) in [6, 6.07) is 5.16. The molecule has 0 radical (unpaired) electrons. The number of nitrogens with one attached hydrogen (secondary N) is 1. The molecule has 25 heavy (non-hydrogen) atoms. The molecule has 0 unspecified atom stereocenters. The van der Waals surface area contributed by atoms with Crippen LogP contribution in [0.5, 0.6) is 5.75 Å². The molecule has 0 atom stereocenters. The molecule has 0 heterocycles. The van der Waals surface area contributed by atoms with E-state index in [9.17, 15) is 14.7 Å². The molecule has 0 bridgehead atoms. The standard InChI is InChI=1S/C19H26ClNO4/c1-12(2)13-7-9-19(10-8-13,18(23)24)21-17(22)11-14-15(20)5-4-6-16(14)25-3/h4-6,12-13H,7-11H2,1-3H3,(H,21,22)(H,23,24). The van der Waals surface area contributed by atoms with Gasteiger partial charge in [-0.1, -0.05) is 31.5 Å². The second-order valence-electron chi connectivity index (χ2n) is 7.11. The van der Waals surface area contributed by atoms with Crippen LogP contribution in [0.2, 0.25) is 5.02 Å². The van der Waals surface area contributed by atoms with Crippen molar-refractivity contribution in [3.8, 4) is 5.75 Å². The predicted octanol–water partition coefficient (Wildman–Crippen LogP) is 3.68. The summed E-state index contributed by atoms with van der Waals surface area (Å²) in [5, 5.41) is 12.9. The summed E-state index contributed by atoms with van der Waals surface area (Å²) >= 11 is 6.17. The van der Waals surface area contributed by atoms with Gasteiger partial charge in [0.1, 0.15) is 11.3 Å². The summed E-state index contributed by atoms with van der Waals surface area (Å²) in [6.07, 6.45) is 2.51. The highest BCUT2D eigenvalue weighted by Gasteiger charge is 2.43. The molecule has 0 aliphatic heterocycles. The van der Waals surface area contributed by atoms with Gasteiger partial charge in [0.2, 0.25) is 5.91 Å². The van der Waals surface area contributed by atoms with E-state index in [-0.39, 0.29) is 12.3 Å². The Bertz CT molecular complexity index is 636. The van der Waals surface area contributed by atoms with E-state index in [0.29, 0.717) is 41.0 Å². The van der Waals surface area contributed by atoms with Gasteiger partial charge >= 0.3 is 5.97 Å². The van der Waals surface area contributed by atoms with Crippen LogP contribution in [-0.2, 0) is 16.0 Å². The third-order valence-corrected chi connectivity index (χ3v) is 5.60. The van der Waals surface area contributed by atoms with Crippen LogP contribution < -0.4 is 10.1 Å². The Morgan fingerprint density at radius 3 is 2.52 bits per heavy atom. The highest BCUT2D eigenvalue weighted by molar-refractivity contribution is 6.31. The smallest absolute Gasteiger partial charge is 0.329 e. The van der Waals surface area contributed by atoms with Crippen molar-refractivity contribution in [1.29, 1.82) is 0 Å². The number of carbonyl (C=O) groups is 2. The number of hydrogen-bond acceptors (Lipinski definition) is 3. The zero-order valence-electron chi connectivity index (χ0n) is 15.0. The maximum atomic E-state index is 12.5. The quantitative estimate of drug-likeness (QED) is 0.804. The van der Waals surface area contributed by atoms with Gasteiger partial charge in [-0.25, -0.2) is 4.79 Å². The fourth-order valence-electron chi connectivity index (χ4n) is 3.57. The Kier molecular flexibility index (Phi) is 6.33. The van der Waals surface area contributed by atoms with Crippen molar-refractivity contribution in [3.05, 3.63) is 28.8 Å². The Labute approximate surface area is 153 Å². The number of carboxylic acid groups (broad SMARTS) is 1. The SMILES string of the molecule is COc1cccc(Cl)c1CC(=O)NC1(C(=O)O)CCC(C(C)C)CC1. The molecule has 138 valence electrons. The lowest BCUT2D eigenvalue weighted by Gasteiger charge is -2.38. The zero-order valence-corrected chi connectivity index (χ0v) is 15.7. The van der Waals surface area contributed by atoms with Crippen molar-refractivity contribution in [2.24, 2.45) is 11.8 Å². The van der Waals surface area contributed by atoms with Crippen LogP contribution in [0.25, 0.3) is 0 Å². The Hall–Kier alpha value is -1.75. The third-order valence-electron chi connectivity index (χ3n) is 5.25. The lowest BCUT2D eigenvalue weighted by Crippen LogP contribution is -2.57. The third kappa shape index (κ3) is 4.46. The van der Waals surface area contributed by atoms with Crippen LogP contribution in [-0.4, -0.2) is 29.6 Å². The van der Waals surface area contributed by atoms with E-state index in [1.54, 1.807) is 18.2 Å². The molecule has 1 fully saturated rings. The average molecular weight is 368 g/mol. The van der Waals surface area contributed by atoms with E-state index in [1.165, 1.54) is 7.11 Å². The Morgan fingerprint density at radius 2 is 2.00 bits per heavy atom. The van der Waals surface area contributed by atoms with E-state index in [2.05, 4.69) is 19.2 Å². The first-order chi connectivity index (χ1) is 11.8. The van der Waals surface area contributed by atoms with Crippen molar-refractivity contribution in [3.63, 3.8) is 0 Å². The van der Waals surface area contributed by atoms with Crippen molar-refractivity contribution in [2.75, 3.05) is 7.11 Å². The topological polar surface area (TPSA) is 75.6 Å². The minimum Gasteiger partial charge on any atom is -0.496 e. The van der Waals surface area contributed by atoms with Gasteiger partial charge in [0.15, 0.2) is 0 Å². The van der Waals surface area contributed by atoms with Crippen molar-refractivity contribution in [2.45, 2.75) is 51.5 Å². The van der Waals surface area contributed by atoms with Gasteiger partial charge in [0, 0.05) is 10.6 Å². The van der Waals surface area contributed by atoms with Crippen LogP contribution in [0, 0.1) is 11.8 Å². The fourth-order valence-corrected chi connectivity index (χ4v) is 3.80. The van der Waals surface area contributed by atoms with Crippen LogP contribution in [0.15, 0.2) is 18.2 Å². The number of rotatable bonds is 6. The Morgan fingerprint density at radius 1 is 1.36 bits per heavy atom. The van der Waals surface area contributed by atoms with Crippen molar-refractivity contribution >= 4 is 23.5 Å². The number of carbonyl (C=O) groups excluding carboxylic acids is 1. The molecule has 1 saturated carbocycles. The summed E-state index contributed by atoms with van der Waals surface area (Å²) in [6.45, 7) is 4.31. The number of hydrogen-bond donors (Lipinski definition) is 2. The molecule has 6 heteroatoms. The van der Waals surface area contributed by atoms with E-state index < -0.39 is 11.5 Å². The van der Waals surface area contributed by atoms with Gasteiger partial charge in [0.05, 0.1) is 13.5 Å². The molecule has 2 N–H and O–H groups in total. The first-order valence-electron chi connectivity index (χ1n) is 8.65. The molecule has 1 aromatic carbocycles. The highest BCUT2D eigenvalue weighted by atomic mass is 35.5. The van der Waals surface area contributed by atoms with Crippen LogP contribution in [0.4, 0.5) is 0 Å². The molecule has 5 nitrogen and oxygen atoms in total. The number of carboxylic acids is 1. The first-order valence-corrected chi connectivity index (χ1v) is 9.02. The van der Waals surface area contributed by atoms with Gasteiger partial charge < -0.3 is 15.2 Å². The summed E-state index contributed by atoms with van der Waals surface area (Å²) in [5.41, 5.74) is -0.614. The molecule has 1 aliphatic rings. The summed E-state index contributed by atoms with van der Waals surface area (Å²) in [4.78, 5) is 24.4. The molecule has 0 aromatic heterocycles. The minimum atomic E-state index is -1.18. The minimum absolute atomic E-state index is 0.00845. The monoisotopic (exact) mass is 367 g/mol. The maximum Gasteiger partial charge on any atom is 0.329 e. The van der Waals surface area contributed by atoms with Gasteiger partial charge in [-0.2, -0.15) is 0 Å². The largest absolute Gasteiger partial charge is 0.496 e. The number of aliphatic carboxylic acids is 1. The number of halogens is 1. The van der Waals surface area contributed by atoms with Crippen molar-refractivity contribution in [1.82, 2.24) is 5.32 Å².